The van der Waals surface area contributed by atoms with Gasteiger partial charge in [0, 0.05) is 30.6 Å². The predicted octanol–water partition coefficient (Wildman–Crippen LogP) is 2.48. The summed E-state index contributed by atoms with van der Waals surface area (Å²) < 4.78 is 28.1. The van der Waals surface area contributed by atoms with Crippen LogP contribution in [0.2, 0.25) is 0 Å². The Morgan fingerprint density at radius 2 is 1.72 bits per heavy atom. The first kappa shape index (κ1) is 16.7. The van der Waals surface area contributed by atoms with Gasteiger partial charge in [0.1, 0.15) is 5.69 Å². The maximum Gasteiger partial charge on any atom is 0.263 e. The Bertz CT molecular complexity index is 1070. The molecule has 6 nitrogen and oxygen atoms in total. The molecule has 3 rings (SSSR count). The van der Waals surface area contributed by atoms with Gasteiger partial charge in [-0.3, -0.25) is 4.72 Å². The van der Waals surface area contributed by atoms with Gasteiger partial charge in [0.15, 0.2) is 5.82 Å². The van der Waals surface area contributed by atoms with Crippen molar-refractivity contribution < 1.29 is 8.42 Å². The van der Waals surface area contributed by atoms with Gasteiger partial charge in [0.25, 0.3) is 10.0 Å². The normalized spacial score (nSPS) is 11.1. The maximum absolute atomic E-state index is 12.8. The Kier molecular flexibility index (Phi) is 4.30. The lowest BCUT2D eigenvalue weighted by molar-refractivity contribution is 0.601. The lowest BCUT2D eigenvalue weighted by Crippen LogP contribution is -2.15. The average Bonchev–Trinajstić information content (AvgIpc) is 2.60. The smallest absolute Gasteiger partial charge is 0.263 e. The molecule has 1 N–H and O–H groups in total. The van der Waals surface area contributed by atoms with E-state index in [9.17, 15) is 8.42 Å². The van der Waals surface area contributed by atoms with Gasteiger partial charge in [-0.15, -0.1) is 16.6 Å². The second-order valence-electron chi connectivity index (χ2n) is 5.58. The number of nitrogens with zero attached hydrogens (tertiary/aromatic N) is 3. The zero-order chi connectivity index (χ0) is 18.0. The van der Waals surface area contributed by atoms with Gasteiger partial charge >= 0.3 is 0 Å². The molecular formula is C18H16N4O2S. The van der Waals surface area contributed by atoms with Crippen LogP contribution in [0.1, 0.15) is 5.69 Å². The van der Waals surface area contributed by atoms with Crippen LogP contribution in [0, 0.1) is 12.3 Å². The highest BCUT2D eigenvalue weighted by atomic mass is 32.2. The first-order valence-corrected chi connectivity index (χ1v) is 8.93. The summed E-state index contributed by atoms with van der Waals surface area (Å²) in [5.41, 5.74) is 1.27. The fourth-order valence-corrected chi connectivity index (χ4v) is 3.76. The third-order valence-corrected chi connectivity index (χ3v) is 5.09. The van der Waals surface area contributed by atoms with E-state index in [0.29, 0.717) is 11.1 Å². The van der Waals surface area contributed by atoms with Crippen molar-refractivity contribution in [1.82, 2.24) is 10.2 Å². The first-order chi connectivity index (χ1) is 11.9. The van der Waals surface area contributed by atoms with E-state index < -0.39 is 10.0 Å². The highest BCUT2D eigenvalue weighted by Crippen LogP contribution is 2.30. The summed E-state index contributed by atoms with van der Waals surface area (Å²) in [5.74, 6) is 2.45. The quantitative estimate of drug-likeness (QED) is 0.730. The predicted molar refractivity (Wildman–Crippen MR) is 99.1 cm³/mol. The van der Waals surface area contributed by atoms with Crippen molar-refractivity contribution >= 4 is 32.3 Å². The summed E-state index contributed by atoms with van der Waals surface area (Å²) in [6.07, 6.45) is 5.22. The Labute approximate surface area is 146 Å². The van der Waals surface area contributed by atoms with Crippen molar-refractivity contribution in [2.24, 2.45) is 0 Å². The zero-order valence-corrected chi connectivity index (χ0v) is 14.6. The van der Waals surface area contributed by atoms with Crippen molar-refractivity contribution in [1.29, 1.82) is 0 Å². The van der Waals surface area contributed by atoms with Gasteiger partial charge in [-0.25, -0.2) is 8.42 Å². The number of nitrogens with one attached hydrogen (secondary N) is 1. The molecule has 0 radical (unpaired) electrons. The summed E-state index contributed by atoms with van der Waals surface area (Å²) in [7, 11) is 0.00239. The minimum Gasteiger partial charge on any atom is -0.377 e. The minimum absolute atomic E-state index is 0.111. The second kappa shape index (κ2) is 6.42. The van der Waals surface area contributed by atoms with Crippen molar-refractivity contribution in [2.75, 3.05) is 23.7 Å². The first-order valence-electron chi connectivity index (χ1n) is 7.44. The van der Waals surface area contributed by atoms with Crippen LogP contribution in [0.25, 0.3) is 10.8 Å². The molecule has 126 valence electrons. The lowest BCUT2D eigenvalue weighted by Gasteiger charge is -2.17. The number of aromatic nitrogens is 2. The van der Waals surface area contributed by atoms with E-state index in [1.54, 1.807) is 18.2 Å². The molecule has 0 amide bonds. The van der Waals surface area contributed by atoms with E-state index >= 15 is 0 Å². The van der Waals surface area contributed by atoms with Crippen LogP contribution < -0.4 is 9.62 Å². The average molecular weight is 352 g/mol. The Morgan fingerprint density at radius 3 is 2.36 bits per heavy atom. The van der Waals surface area contributed by atoms with E-state index in [4.69, 9.17) is 6.42 Å². The number of terminal acetylenes is 1. The molecule has 1 heterocycles. The van der Waals surface area contributed by atoms with Crippen molar-refractivity contribution in [3.05, 3.63) is 54.2 Å². The fraction of sp³-hybridized carbons (Fsp3) is 0.111. The third-order valence-electron chi connectivity index (χ3n) is 3.68. The van der Waals surface area contributed by atoms with Gasteiger partial charge < -0.3 is 4.90 Å². The number of anilines is 2. The second-order valence-corrected chi connectivity index (χ2v) is 7.23. The summed E-state index contributed by atoms with van der Waals surface area (Å²) in [5, 5.41) is 9.03. The van der Waals surface area contributed by atoms with Crippen LogP contribution in [-0.2, 0) is 10.0 Å². The molecule has 25 heavy (non-hydrogen) atoms. The Morgan fingerprint density at radius 1 is 1.00 bits per heavy atom. The van der Waals surface area contributed by atoms with E-state index in [0.717, 1.165) is 11.1 Å². The fourth-order valence-electron chi connectivity index (χ4n) is 2.55. The lowest BCUT2D eigenvalue weighted by atomic mass is 10.1. The number of fused-ring (bicyclic) bond motifs is 1. The van der Waals surface area contributed by atoms with Gasteiger partial charge in [-0.1, -0.05) is 24.3 Å². The van der Waals surface area contributed by atoms with Gasteiger partial charge in [0.2, 0.25) is 0 Å². The van der Waals surface area contributed by atoms with Crippen LogP contribution in [0.4, 0.5) is 11.5 Å². The topological polar surface area (TPSA) is 75.2 Å². The highest BCUT2D eigenvalue weighted by molar-refractivity contribution is 7.93. The molecule has 2 aromatic carbocycles. The standard InChI is InChI=1S/C18H16N4O2S/c1-4-13-11-12-18(20-19-13)21-25(23,24)17-10-6-7-14-15(17)8-5-9-16(14)22(2)3/h1,5-12H,2-3H3,(H,20,21). The van der Waals surface area contributed by atoms with E-state index in [1.807, 2.05) is 37.2 Å². The van der Waals surface area contributed by atoms with Crippen molar-refractivity contribution in [3.8, 4) is 12.3 Å². The van der Waals surface area contributed by atoms with E-state index in [2.05, 4.69) is 20.8 Å². The van der Waals surface area contributed by atoms with Crippen LogP contribution in [0.15, 0.2) is 53.4 Å². The highest BCUT2D eigenvalue weighted by Gasteiger charge is 2.19. The molecule has 0 fully saturated rings. The number of hydrogen-bond donors (Lipinski definition) is 1. The molecule has 0 saturated carbocycles. The molecule has 0 unspecified atom stereocenters. The van der Waals surface area contributed by atoms with Crippen LogP contribution >= 0.6 is 0 Å². The van der Waals surface area contributed by atoms with Crippen molar-refractivity contribution in [3.63, 3.8) is 0 Å². The third kappa shape index (κ3) is 3.25. The molecule has 0 aliphatic heterocycles. The molecule has 0 spiro atoms. The molecule has 0 aliphatic rings. The monoisotopic (exact) mass is 352 g/mol. The summed E-state index contributed by atoms with van der Waals surface area (Å²) >= 11 is 0. The number of benzene rings is 2. The van der Waals surface area contributed by atoms with Crippen LogP contribution in [-0.4, -0.2) is 32.7 Å². The van der Waals surface area contributed by atoms with Crippen LogP contribution in [0.5, 0.6) is 0 Å². The number of sulfonamides is 1. The molecule has 0 bridgehead atoms. The minimum atomic E-state index is -3.82. The molecule has 1 aromatic heterocycles. The molecule has 0 saturated heterocycles. The van der Waals surface area contributed by atoms with Crippen LogP contribution in [0.3, 0.4) is 0 Å². The van der Waals surface area contributed by atoms with E-state index in [-0.39, 0.29) is 10.7 Å². The number of hydrogen-bond acceptors (Lipinski definition) is 5. The summed E-state index contributed by atoms with van der Waals surface area (Å²) in [6, 6.07) is 13.7. The molecule has 0 aliphatic carbocycles. The van der Waals surface area contributed by atoms with Gasteiger partial charge in [-0.05, 0) is 30.2 Å². The largest absolute Gasteiger partial charge is 0.377 e. The number of rotatable bonds is 4. The zero-order valence-electron chi connectivity index (χ0n) is 13.8. The summed E-state index contributed by atoms with van der Waals surface area (Å²) in [6.45, 7) is 0. The van der Waals surface area contributed by atoms with Gasteiger partial charge in [0.05, 0.1) is 4.90 Å². The molecule has 3 aromatic rings. The molecule has 0 atom stereocenters. The summed E-state index contributed by atoms with van der Waals surface area (Å²) in [4.78, 5) is 2.12. The Balaban J connectivity index is 2.08. The molecular weight excluding hydrogens is 336 g/mol. The van der Waals surface area contributed by atoms with Crippen molar-refractivity contribution in [2.45, 2.75) is 4.90 Å². The van der Waals surface area contributed by atoms with Gasteiger partial charge in [-0.2, -0.15) is 0 Å². The Hall–Kier alpha value is -3.11. The maximum atomic E-state index is 12.8. The molecule has 7 heteroatoms. The SMILES string of the molecule is C#Cc1ccc(NS(=O)(=O)c2cccc3c(N(C)C)cccc23)nn1. The van der Waals surface area contributed by atoms with E-state index in [1.165, 1.54) is 12.1 Å².